The van der Waals surface area contributed by atoms with E-state index < -0.39 is 4.92 Å². The molecule has 2 heterocycles. The SMILES string of the molecule is Cc1nn(C)c(NCC(C)c2nccs2)c1[N+](=O)[O-]. The van der Waals surface area contributed by atoms with Gasteiger partial charge in [0.15, 0.2) is 0 Å². The molecule has 0 aromatic carbocycles. The molecule has 7 nitrogen and oxygen atoms in total. The molecular formula is C11H15N5O2S. The molecule has 0 saturated carbocycles. The van der Waals surface area contributed by atoms with E-state index in [2.05, 4.69) is 15.4 Å². The lowest BCUT2D eigenvalue weighted by Gasteiger charge is -2.10. The quantitative estimate of drug-likeness (QED) is 0.671. The molecule has 0 fully saturated rings. The molecule has 0 bridgehead atoms. The maximum Gasteiger partial charge on any atom is 0.333 e. The zero-order valence-corrected chi connectivity index (χ0v) is 11.8. The van der Waals surface area contributed by atoms with Gasteiger partial charge in [-0.15, -0.1) is 11.3 Å². The fourth-order valence-electron chi connectivity index (χ4n) is 1.88. The van der Waals surface area contributed by atoms with Crippen molar-refractivity contribution in [2.75, 3.05) is 11.9 Å². The second kappa shape index (κ2) is 5.35. The van der Waals surface area contributed by atoms with Crippen LogP contribution in [-0.4, -0.2) is 26.2 Å². The molecule has 2 aromatic heterocycles. The Morgan fingerprint density at radius 1 is 1.63 bits per heavy atom. The molecule has 0 spiro atoms. The first-order valence-corrected chi connectivity index (χ1v) is 6.70. The van der Waals surface area contributed by atoms with Crippen molar-refractivity contribution in [1.29, 1.82) is 0 Å². The maximum atomic E-state index is 11.0. The van der Waals surface area contributed by atoms with Gasteiger partial charge in [0.25, 0.3) is 0 Å². The van der Waals surface area contributed by atoms with Crippen molar-refractivity contribution in [3.8, 4) is 0 Å². The van der Waals surface area contributed by atoms with Crippen LogP contribution in [-0.2, 0) is 7.05 Å². The fourth-order valence-corrected chi connectivity index (χ4v) is 2.58. The highest BCUT2D eigenvalue weighted by Gasteiger charge is 2.24. The third-order valence-electron chi connectivity index (χ3n) is 2.82. The van der Waals surface area contributed by atoms with Gasteiger partial charge in [0.05, 0.1) is 9.93 Å². The van der Waals surface area contributed by atoms with E-state index in [1.807, 2.05) is 12.3 Å². The molecule has 8 heteroatoms. The van der Waals surface area contributed by atoms with Gasteiger partial charge in [-0.05, 0) is 6.92 Å². The molecule has 2 rings (SSSR count). The van der Waals surface area contributed by atoms with Crippen molar-refractivity contribution in [2.45, 2.75) is 19.8 Å². The lowest BCUT2D eigenvalue weighted by atomic mass is 10.2. The van der Waals surface area contributed by atoms with Crippen LogP contribution in [0.4, 0.5) is 11.5 Å². The minimum Gasteiger partial charge on any atom is -0.364 e. The van der Waals surface area contributed by atoms with E-state index in [-0.39, 0.29) is 11.6 Å². The van der Waals surface area contributed by atoms with Crippen molar-refractivity contribution < 1.29 is 4.92 Å². The molecule has 0 saturated heterocycles. The summed E-state index contributed by atoms with van der Waals surface area (Å²) in [5.74, 6) is 0.626. The monoisotopic (exact) mass is 281 g/mol. The van der Waals surface area contributed by atoms with Crippen molar-refractivity contribution >= 4 is 22.8 Å². The predicted molar refractivity (Wildman–Crippen MR) is 73.6 cm³/mol. The lowest BCUT2D eigenvalue weighted by molar-refractivity contribution is -0.384. The third-order valence-corrected chi connectivity index (χ3v) is 3.83. The first-order valence-electron chi connectivity index (χ1n) is 5.82. The fraction of sp³-hybridized carbons (Fsp3) is 0.455. The van der Waals surface area contributed by atoms with Crippen LogP contribution in [0.15, 0.2) is 11.6 Å². The Labute approximate surface area is 114 Å². The standard InChI is InChI=1S/C11H15N5O2S/c1-7(11-12-4-5-19-11)6-13-10-9(16(17)18)8(2)14-15(10)3/h4-5,7,13H,6H2,1-3H3. The van der Waals surface area contributed by atoms with Crippen molar-refractivity contribution in [3.05, 3.63) is 32.4 Å². The summed E-state index contributed by atoms with van der Waals surface area (Å²) in [4.78, 5) is 14.9. The highest BCUT2D eigenvalue weighted by molar-refractivity contribution is 7.09. The number of hydrogen-bond donors (Lipinski definition) is 1. The average molecular weight is 281 g/mol. The first kappa shape index (κ1) is 13.5. The number of aryl methyl sites for hydroxylation is 2. The van der Waals surface area contributed by atoms with Gasteiger partial charge in [0.1, 0.15) is 5.69 Å². The van der Waals surface area contributed by atoms with Crippen LogP contribution in [0.1, 0.15) is 23.5 Å². The van der Waals surface area contributed by atoms with Crippen LogP contribution >= 0.6 is 11.3 Å². The number of nitrogens with one attached hydrogen (secondary N) is 1. The molecule has 1 N–H and O–H groups in total. The lowest BCUT2D eigenvalue weighted by Crippen LogP contribution is -2.13. The third kappa shape index (κ3) is 2.73. The Morgan fingerprint density at radius 2 is 2.37 bits per heavy atom. The number of nitrogens with zero attached hydrogens (tertiary/aromatic N) is 4. The summed E-state index contributed by atoms with van der Waals surface area (Å²) in [6.45, 7) is 4.24. The van der Waals surface area contributed by atoms with Crippen molar-refractivity contribution in [1.82, 2.24) is 14.8 Å². The van der Waals surface area contributed by atoms with Gasteiger partial charge in [-0.1, -0.05) is 6.92 Å². The Balaban J connectivity index is 2.14. The van der Waals surface area contributed by atoms with Gasteiger partial charge in [-0.25, -0.2) is 9.67 Å². The smallest absolute Gasteiger partial charge is 0.333 e. The Hall–Kier alpha value is -1.96. The van der Waals surface area contributed by atoms with Crippen molar-refractivity contribution in [2.24, 2.45) is 7.05 Å². The Kier molecular flexibility index (Phi) is 3.79. The molecule has 0 amide bonds. The summed E-state index contributed by atoms with van der Waals surface area (Å²) in [6.07, 6.45) is 1.76. The predicted octanol–water partition coefficient (Wildman–Crippen LogP) is 2.31. The van der Waals surface area contributed by atoms with Crippen molar-refractivity contribution in [3.63, 3.8) is 0 Å². The number of hydrogen-bond acceptors (Lipinski definition) is 6. The Morgan fingerprint density at radius 3 is 2.95 bits per heavy atom. The molecule has 0 radical (unpaired) electrons. The topological polar surface area (TPSA) is 85.9 Å². The van der Waals surface area contributed by atoms with E-state index >= 15 is 0 Å². The van der Waals surface area contributed by atoms with Gasteiger partial charge in [0, 0.05) is 31.1 Å². The summed E-state index contributed by atoms with van der Waals surface area (Å²) < 4.78 is 1.50. The molecule has 19 heavy (non-hydrogen) atoms. The first-order chi connectivity index (χ1) is 9.00. The van der Waals surface area contributed by atoms with E-state index in [1.165, 1.54) is 4.68 Å². The normalized spacial score (nSPS) is 12.4. The summed E-state index contributed by atoms with van der Waals surface area (Å²) in [7, 11) is 1.69. The van der Waals surface area contributed by atoms with E-state index in [0.717, 1.165) is 5.01 Å². The zero-order chi connectivity index (χ0) is 14.0. The van der Waals surface area contributed by atoms with E-state index in [1.54, 1.807) is 31.5 Å². The second-order valence-electron chi connectivity index (χ2n) is 4.32. The maximum absolute atomic E-state index is 11.0. The van der Waals surface area contributed by atoms with E-state index in [4.69, 9.17) is 0 Å². The van der Waals surface area contributed by atoms with Crippen LogP contribution in [0.2, 0.25) is 0 Å². The zero-order valence-electron chi connectivity index (χ0n) is 11.0. The Bertz CT molecular complexity index is 578. The van der Waals surface area contributed by atoms with Gasteiger partial charge in [0.2, 0.25) is 5.82 Å². The average Bonchev–Trinajstić information content (AvgIpc) is 2.94. The summed E-state index contributed by atoms with van der Waals surface area (Å²) >= 11 is 1.58. The van der Waals surface area contributed by atoms with Gasteiger partial charge >= 0.3 is 5.69 Å². The van der Waals surface area contributed by atoms with Crippen LogP contribution in [0.3, 0.4) is 0 Å². The molecule has 2 aromatic rings. The molecule has 1 unspecified atom stereocenters. The second-order valence-corrected chi connectivity index (χ2v) is 5.24. The molecule has 1 atom stereocenters. The number of nitro groups is 1. The number of aromatic nitrogens is 3. The molecule has 0 aliphatic rings. The van der Waals surface area contributed by atoms with Crippen LogP contribution in [0, 0.1) is 17.0 Å². The molecule has 0 aliphatic heterocycles. The summed E-state index contributed by atoms with van der Waals surface area (Å²) in [5, 5.41) is 21.1. The highest BCUT2D eigenvalue weighted by Crippen LogP contribution is 2.28. The number of thiazole rings is 1. The van der Waals surface area contributed by atoms with E-state index in [0.29, 0.717) is 18.1 Å². The molecule has 102 valence electrons. The molecular weight excluding hydrogens is 266 g/mol. The minimum atomic E-state index is -0.404. The molecule has 0 aliphatic carbocycles. The largest absolute Gasteiger partial charge is 0.364 e. The van der Waals surface area contributed by atoms with Crippen LogP contribution in [0.25, 0.3) is 0 Å². The van der Waals surface area contributed by atoms with E-state index in [9.17, 15) is 10.1 Å². The number of anilines is 1. The van der Waals surface area contributed by atoms with Gasteiger partial charge < -0.3 is 5.32 Å². The highest BCUT2D eigenvalue weighted by atomic mass is 32.1. The summed E-state index contributed by atoms with van der Waals surface area (Å²) in [6, 6.07) is 0. The number of rotatable bonds is 5. The summed E-state index contributed by atoms with van der Waals surface area (Å²) in [5.41, 5.74) is 0.450. The van der Waals surface area contributed by atoms with Crippen LogP contribution in [0.5, 0.6) is 0 Å². The minimum absolute atomic E-state index is 0.0360. The van der Waals surface area contributed by atoms with Gasteiger partial charge in [-0.2, -0.15) is 5.10 Å². The van der Waals surface area contributed by atoms with Gasteiger partial charge in [-0.3, -0.25) is 10.1 Å². The van der Waals surface area contributed by atoms with Crippen LogP contribution < -0.4 is 5.32 Å².